The lowest BCUT2D eigenvalue weighted by Gasteiger charge is -2.26. The smallest absolute Gasteiger partial charge is 0.266 e. The third kappa shape index (κ3) is 11.0. The molecular formula is C70H55N3O8. The van der Waals surface area contributed by atoms with Gasteiger partial charge in [-0.2, -0.15) is 0 Å². The van der Waals surface area contributed by atoms with Crippen molar-refractivity contribution in [1.82, 2.24) is 0 Å². The van der Waals surface area contributed by atoms with Crippen molar-refractivity contribution in [2.24, 2.45) is 0 Å². The Kier molecular flexibility index (Phi) is 14.3. The molecule has 0 atom stereocenters. The number of amides is 4. The number of benzene rings is 10. The number of fused-ring (bicyclic) bond motifs is 2. The standard InChI is InChI=1S/C42H34N2O4.C28H21NO4/c1-42(2,31-12-20-35(47-3)21-13-31)32-14-22-36(23-15-32)48-37-24-25-38-39(26-37)41(46)44(40(38)45)34-18-10-30(11-19-34)28-6-4-27(5-7-28)29-8-16-33(43)17-9-29;1-18-6-3-8-21(14-18)32-23-10-5-11-24(17-23)33-22-9-4-7-20(16-22)29-27(30)25-13-12-19(2)15-26(25)28(29)31/h4-26H,43H2,1-3H3;3-17H,1-2H3. The van der Waals surface area contributed by atoms with Crippen LogP contribution in [0, 0.1) is 13.8 Å². The molecule has 11 nitrogen and oxygen atoms in total. The number of imide groups is 2. The summed E-state index contributed by atoms with van der Waals surface area (Å²) in [6.07, 6.45) is 0. The first kappa shape index (κ1) is 52.5. The van der Waals surface area contributed by atoms with Gasteiger partial charge in [0.05, 0.1) is 40.7 Å². The molecule has 0 aliphatic carbocycles. The third-order valence-electron chi connectivity index (χ3n) is 14.5. The lowest BCUT2D eigenvalue weighted by Crippen LogP contribution is -2.29. The van der Waals surface area contributed by atoms with Crippen LogP contribution in [-0.4, -0.2) is 30.7 Å². The van der Waals surface area contributed by atoms with E-state index in [9.17, 15) is 19.2 Å². The van der Waals surface area contributed by atoms with Gasteiger partial charge in [-0.05, 0) is 168 Å². The number of ether oxygens (including phenoxy) is 4. The molecule has 4 amide bonds. The van der Waals surface area contributed by atoms with Crippen LogP contribution in [0.5, 0.6) is 40.2 Å². The SMILES string of the molecule is COc1ccc(C(C)(C)c2ccc(Oc3ccc4c(c3)C(=O)N(c3ccc(-c5ccc(-c6ccc(N)cc6)cc5)cc3)C4=O)cc2)cc1.Cc1cccc(Oc2cccc(Oc3cccc(N4C(=O)c5ccc(C)cc5C4=O)c3)c2)c1. The number of carbonyl (C=O) groups excluding carboxylic acids is 4. The summed E-state index contributed by atoms with van der Waals surface area (Å²) in [7, 11) is 1.66. The van der Waals surface area contributed by atoms with Crippen LogP contribution >= 0.6 is 0 Å². The lowest BCUT2D eigenvalue weighted by atomic mass is 9.78. The number of nitrogen functional groups attached to an aromatic ring is 1. The highest BCUT2D eigenvalue weighted by Gasteiger charge is 2.38. The highest BCUT2D eigenvalue weighted by Crippen LogP contribution is 2.38. The molecule has 10 aromatic carbocycles. The summed E-state index contributed by atoms with van der Waals surface area (Å²) in [5.74, 6) is 3.02. The van der Waals surface area contributed by atoms with Gasteiger partial charge in [0.15, 0.2) is 0 Å². The highest BCUT2D eigenvalue weighted by atomic mass is 16.5. The maximum Gasteiger partial charge on any atom is 0.266 e. The van der Waals surface area contributed by atoms with E-state index in [1.807, 2.05) is 135 Å². The Bertz CT molecular complexity index is 4020. The van der Waals surface area contributed by atoms with E-state index >= 15 is 0 Å². The predicted octanol–water partition coefficient (Wildman–Crippen LogP) is 16.2. The fourth-order valence-corrected chi connectivity index (χ4v) is 9.93. The molecule has 0 bridgehead atoms. The van der Waals surface area contributed by atoms with E-state index in [1.165, 1.54) is 15.4 Å². The number of aryl methyl sites for hydroxylation is 2. The zero-order chi connectivity index (χ0) is 56.4. The van der Waals surface area contributed by atoms with Gasteiger partial charge in [0.2, 0.25) is 0 Å². The minimum Gasteiger partial charge on any atom is -0.497 e. The molecule has 0 saturated carbocycles. The molecule has 2 N–H and O–H groups in total. The number of rotatable bonds is 13. The normalized spacial score (nSPS) is 12.6. The summed E-state index contributed by atoms with van der Waals surface area (Å²) < 4.78 is 23.4. The fourth-order valence-electron chi connectivity index (χ4n) is 9.93. The third-order valence-corrected chi connectivity index (χ3v) is 14.5. The molecule has 0 spiro atoms. The predicted molar refractivity (Wildman–Crippen MR) is 317 cm³/mol. The van der Waals surface area contributed by atoms with Crippen molar-refractivity contribution >= 4 is 40.7 Å². The van der Waals surface area contributed by atoms with Gasteiger partial charge in [-0.25, -0.2) is 9.80 Å². The molecule has 11 heteroatoms. The summed E-state index contributed by atoms with van der Waals surface area (Å²) in [6.45, 7) is 8.25. The number of nitrogens with zero attached hydrogens (tertiary/aromatic N) is 2. The monoisotopic (exact) mass is 1070 g/mol. The van der Waals surface area contributed by atoms with Gasteiger partial charge in [-0.3, -0.25) is 19.2 Å². The number of carbonyl (C=O) groups is 4. The van der Waals surface area contributed by atoms with Crippen molar-refractivity contribution in [2.75, 3.05) is 22.6 Å². The van der Waals surface area contributed by atoms with Crippen LogP contribution in [0.4, 0.5) is 17.1 Å². The first-order valence-electron chi connectivity index (χ1n) is 26.3. The topological polar surface area (TPSA) is 138 Å². The van der Waals surface area contributed by atoms with Crippen molar-refractivity contribution in [1.29, 1.82) is 0 Å². The molecular weight excluding hydrogens is 1010 g/mol. The number of methoxy groups -OCH3 is 1. The van der Waals surface area contributed by atoms with Crippen LogP contribution < -0.4 is 34.5 Å². The van der Waals surface area contributed by atoms with Crippen LogP contribution in [0.1, 0.15) is 77.5 Å². The molecule has 398 valence electrons. The second-order valence-electron chi connectivity index (χ2n) is 20.4. The first-order chi connectivity index (χ1) is 39.2. The van der Waals surface area contributed by atoms with Crippen LogP contribution in [0.25, 0.3) is 22.3 Å². The lowest BCUT2D eigenvalue weighted by molar-refractivity contribution is 0.0910. The minimum atomic E-state index is -0.377. The van der Waals surface area contributed by atoms with Gasteiger partial charge in [-0.15, -0.1) is 0 Å². The number of hydrogen-bond donors (Lipinski definition) is 1. The van der Waals surface area contributed by atoms with Gasteiger partial charge in [0, 0.05) is 23.2 Å². The van der Waals surface area contributed by atoms with E-state index in [0.29, 0.717) is 62.4 Å². The molecule has 0 radical (unpaired) electrons. The van der Waals surface area contributed by atoms with E-state index in [0.717, 1.165) is 56.1 Å². The van der Waals surface area contributed by atoms with Crippen molar-refractivity contribution in [3.8, 4) is 62.5 Å². The Morgan fingerprint density at radius 2 is 0.741 bits per heavy atom. The fraction of sp³-hybridized carbons (Fsp3) is 0.0857. The van der Waals surface area contributed by atoms with Crippen molar-refractivity contribution in [2.45, 2.75) is 33.1 Å². The molecule has 2 heterocycles. The van der Waals surface area contributed by atoms with Gasteiger partial charge in [0.25, 0.3) is 23.6 Å². The number of nitrogens with two attached hydrogens (primary N) is 1. The number of hydrogen-bond acceptors (Lipinski definition) is 9. The van der Waals surface area contributed by atoms with E-state index in [-0.39, 0.29) is 29.0 Å². The summed E-state index contributed by atoms with van der Waals surface area (Å²) in [6, 6.07) is 71.8. The zero-order valence-corrected chi connectivity index (χ0v) is 45.2. The molecule has 2 aliphatic heterocycles. The molecule has 0 unspecified atom stereocenters. The van der Waals surface area contributed by atoms with Gasteiger partial charge in [0.1, 0.15) is 40.2 Å². The average Bonchev–Trinajstić information content (AvgIpc) is 4.04. The van der Waals surface area contributed by atoms with Gasteiger partial charge >= 0.3 is 0 Å². The summed E-state index contributed by atoms with van der Waals surface area (Å²) in [5, 5.41) is 0. The minimum absolute atomic E-state index is 0.227. The Labute approximate surface area is 470 Å². The van der Waals surface area contributed by atoms with Crippen LogP contribution in [0.2, 0.25) is 0 Å². The molecule has 0 aromatic heterocycles. The van der Waals surface area contributed by atoms with Crippen molar-refractivity contribution in [3.63, 3.8) is 0 Å². The second-order valence-corrected chi connectivity index (χ2v) is 20.4. The Morgan fingerprint density at radius 3 is 1.30 bits per heavy atom. The molecule has 10 aromatic rings. The zero-order valence-electron chi connectivity index (χ0n) is 45.2. The largest absolute Gasteiger partial charge is 0.497 e. The summed E-state index contributed by atoms with van der Waals surface area (Å²) in [4.78, 5) is 55.1. The molecule has 12 rings (SSSR count). The Morgan fingerprint density at radius 1 is 0.346 bits per heavy atom. The quantitative estimate of drug-likeness (QED) is 0.0883. The highest BCUT2D eigenvalue weighted by molar-refractivity contribution is 6.35. The molecule has 2 aliphatic rings. The van der Waals surface area contributed by atoms with E-state index < -0.39 is 0 Å². The first-order valence-corrected chi connectivity index (χ1v) is 26.3. The van der Waals surface area contributed by atoms with Crippen LogP contribution in [0.15, 0.2) is 231 Å². The summed E-state index contributed by atoms with van der Waals surface area (Å²) >= 11 is 0. The average molecular weight is 1070 g/mol. The van der Waals surface area contributed by atoms with Gasteiger partial charge in [-0.1, -0.05) is 123 Å². The Hall–Kier alpha value is -10.5. The van der Waals surface area contributed by atoms with Crippen molar-refractivity contribution < 1.29 is 38.1 Å². The number of anilines is 3. The van der Waals surface area contributed by atoms with Crippen molar-refractivity contribution in [3.05, 3.63) is 275 Å². The van der Waals surface area contributed by atoms with E-state index in [2.05, 4.69) is 50.2 Å². The van der Waals surface area contributed by atoms with E-state index in [4.69, 9.17) is 24.7 Å². The molecule has 0 saturated heterocycles. The maximum atomic E-state index is 13.5. The van der Waals surface area contributed by atoms with Crippen LogP contribution in [0.3, 0.4) is 0 Å². The maximum absolute atomic E-state index is 13.5. The van der Waals surface area contributed by atoms with Gasteiger partial charge < -0.3 is 24.7 Å². The van der Waals surface area contributed by atoms with E-state index in [1.54, 1.807) is 79.9 Å². The van der Waals surface area contributed by atoms with Crippen LogP contribution in [-0.2, 0) is 5.41 Å². The Balaban J connectivity index is 0.000000183. The molecule has 0 fully saturated rings. The molecule has 81 heavy (non-hydrogen) atoms. The second kappa shape index (κ2) is 22.1. The summed E-state index contributed by atoms with van der Waals surface area (Å²) in [5.41, 5.74) is 17.3.